The van der Waals surface area contributed by atoms with Gasteiger partial charge in [-0.3, -0.25) is 0 Å². The highest BCUT2D eigenvalue weighted by Crippen LogP contribution is 2.34. The Labute approximate surface area is 94.2 Å². The molecule has 0 aromatic heterocycles. The van der Waals surface area contributed by atoms with Gasteiger partial charge in [0, 0.05) is 6.04 Å². The zero-order chi connectivity index (χ0) is 10.1. The van der Waals surface area contributed by atoms with Gasteiger partial charge in [0.1, 0.15) is 0 Å². The third kappa shape index (κ3) is 4.16. The Hall–Kier alpha value is 0.210. The lowest BCUT2D eigenvalue weighted by Gasteiger charge is -2.45. The highest BCUT2D eigenvalue weighted by atomic mass is 35.5. The Kier molecular flexibility index (Phi) is 4.89. The fourth-order valence-corrected chi connectivity index (χ4v) is 2.52. The summed E-state index contributed by atoms with van der Waals surface area (Å²) in [7, 11) is 0. The largest absolute Gasteiger partial charge is 0.370 e. The van der Waals surface area contributed by atoms with E-state index in [0.717, 1.165) is 19.4 Å². The van der Waals surface area contributed by atoms with Crippen molar-refractivity contribution in [1.29, 1.82) is 0 Å². The van der Waals surface area contributed by atoms with Crippen LogP contribution >= 0.6 is 12.4 Å². The second-order valence-corrected chi connectivity index (χ2v) is 5.28. The molecule has 0 bridgehead atoms. The lowest BCUT2D eigenvalue weighted by Crippen LogP contribution is -2.51. The van der Waals surface area contributed by atoms with Crippen molar-refractivity contribution in [2.75, 3.05) is 6.54 Å². The zero-order valence-corrected chi connectivity index (χ0v) is 10.8. The molecule has 0 unspecified atom stereocenters. The van der Waals surface area contributed by atoms with E-state index in [1.807, 2.05) is 0 Å². The van der Waals surface area contributed by atoms with Crippen molar-refractivity contribution < 1.29 is 4.74 Å². The average molecular weight is 222 g/mol. The summed E-state index contributed by atoms with van der Waals surface area (Å²) in [6, 6.07) is 0.615. The van der Waals surface area contributed by atoms with Gasteiger partial charge < -0.3 is 10.1 Å². The lowest BCUT2D eigenvalue weighted by molar-refractivity contribution is -0.163. The summed E-state index contributed by atoms with van der Waals surface area (Å²) in [5, 5.41) is 3.52. The summed E-state index contributed by atoms with van der Waals surface area (Å²) in [5.41, 5.74) is 0.0448. The standard InChI is InChI=1S/C11H23NO.ClH/c1-6-12-9-7-10(2,3)13-11(4,5)8-9;/h9,12H,6-8H2,1-5H3;1H. The van der Waals surface area contributed by atoms with Gasteiger partial charge in [-0.2, -0.15) is 0 Å². The normalized spacial score (nSPS) is 25.5. The first-order valence-corrected chi connectivity index (χ1v) is 5.28. The van der Waals surface area contributed by atoms with Crippen LogP contribution in [0.25, 0.3) is 0 Å². The molecule has 0 aliphatic carbocycles. The van der Waals surface area contributed by atoms with Crippen LogP contribution in [0.2, 0.25) is 0 Å². The maximum atomic E-state index is 6.00. The predicted octanol–water partition coefficient (Wildman–Crippen LogP) is 2.75. The van der Waals surface area contributed by atoms with E-state index >= 15 is 0 Å². The van der Waals surface area contributed by atoms with Gasteiger partial charge in [-0.25, -0.2) is 0 Å². The Balaban J connectivity index is 0.00000169. The Morgan fingerprint density at radius 2 is 1.57 bits per heavy atom. The zero-order valence-electron chi connectivity index (χ0n) is 10.0. The van der Waals surface area contributed by atoms with Crippen molar-refractivity contribution in [3.8, 4) is 0 Å². The van der Waals surface area contributed by atoms with Gasteiger partial charge in [-0.15, -0.1) is 12.4 Å². The minimum absolute atomic E-state index is 0. The number of halogens is 1. The molecule has 1 fully saturated rings. The first-order chi connectivity index (χ1) is 5.85. The van der Waals surface area contributed by atoms with E-state index < -0.39 is 0 Å². The van der Waals surface area contributed by atoms with Crippen molar-refractivity contribution in [3.05, 3.63) is 0 Å². The number of rotatable bonds is 2. The van der Waals surface area contributed by atoms with E-state index in [4.69, 9.17) is 4.74 Å². The lowest BCUT2D eigenvalue weighted by atomic mass is 9.85. The molecule has 0 radical (unpaired) electrons. The van der Waals surface area contributed by atoms with E-state index in [1.165, 1.54) is 0 Å². The van der Waals surface area contributed by atoms with Crippen LogP contribution in [0.1, 0.15) is 47.5 Å². The number of hydrogen-bond acceptors (Lipinski definition) is 2. The highest BCUT2D eigenvalue weighted by molar-refractivity contribution is 5.85. The fraction of sp³-hybridized carbons (Fsp3) is 1.00. The summed E-state index contributed by atoms with van der Waals surface area (Å²) in [6.45, 7) is 11.9. The van der Waals surface area contributed by atoms with Crippen LogP contribution in [0.4, 0.5) is 0 Å². The van der Waals surface area contributed by atoms with E-state index in [-0.39, 0.29) is 23.6 Å². The Bertz CT molecular complexity index is 164. The molecule has 0 amide bonds. The fourth-order valence-electron chi connectivity index (χ4n) is 2.52. The molecule has 1 rings (SSSR count). The molecule has 0 atom stereocenters. The molecule has 0 aromatic carbocycles. The smallest absolute Gasteiger partial charge is 0.0648 e. The van der Waals surface area contributed by atoms with Gasteiger partial charge in [0.15, 0.2) is 0 Å². The monoisotopic (exact) mass is 221 g/mol. The molecule has 1 heterocycles. The van der Waals surface area contributed by atoms with Crippen molar-refractivity contribution in [3.63, 3.8) is 0 Å². The summed E-state index contributed by atoms with van der Waals surface area (Å²) >= 11 is 0. The molecule has 2 nitrogen and oxygen atoms in total. The van der Waals surface area contributed by atoms with Gasteiger partial charge in [-0.05, 0) is 47.1 Å². The van der Waals surface area contributed by atoms with Crippen molar-refractivity contribution in [2.24, 2.45) is 0 Å². The maximum absolute atomic E-state index is 6.00. The molecule has 0 aromatic rings. The van der Waals surface area contributed by atoms with Crippen LogP contribution in [0.15, 0.2) is 0 Å². The Morgan fingerprint density at radius 3 is 1.93 bits per heavy atom. The van der Waals surface area contributed by atoms with Crippen molar-refractivity contribution in [2.45, 2.75) is 64.7 Å². The van der Waals surface area contributed by atoms with E-state index in [2.05, 4.69) is 39.9 Å². The quantitative estimate of drug-likeness (QED) is 0.775. The molecular weight excluding hydrogens is 198 g/mol. The molecule has 86 valence electrons. The van der Waals surface area contributed by atoms with Crippen LogP contribution in [0.3, 0.4) is 0 Å². The third-order valence-corrected chi connectivity index (χ3v) is 2.52. The van der Waals surface area contributed by atoms with Crippen molar-refractivity contribution in [1.82, 2.24) is 5.32 Å². The Morgan fingerprint density at radius 1 is 1.14 bits per heavy atom. The minimum Gasteiger partial charge on any atom is -0.370 e. The summed E-state index contributed by atoms with van der Waals surface area (Å²) in [5.74, 6) is 0. The van der Waals surface area contributed by atoms with Gasteiger partial charge in [0.25, 0.3) is 0 Å². The summed E-state index contributed by atoms with van der Waals surface area (Å²) in [4.78, 5) is 0. The molecule has 1 saturated heterocycles. The highest BCUT2D eigenvalue weighted by Gasteiger charge is 2.38. The molecule has 1 N–H and O–H groups in total. The van der Waals surface area contributed by atoms with Gasteiger partial charge in [0.05, 0.1) is 11.2 Å². The van der Waals surface area contributed by atoms with Crippen LogP contribution in [-0.4, -0.2) is 23.8 Å². The first kappa shape index (κ1) is 14.2. The van der Waals surface area contributed by atoms with Gasteiger partial charge in [0.2, 0.25) is 0 Å². The second-order valence-electron chi connectivity index (χ2n) is 5.28. The third-order valence-electron chi connectivity index (χ3n) is 2.52. The average Bonchev–Trinajstić information content (AvgIpc) is 1.78. The molecule has 0 saturated carbocycles. The van der Waals surface area contributed by atoms with Crippen LogP contribution in [-0.2, 0) is 4.74 Å². The van der Waals surface area contributed by atoms with E-state index in [9.17, 15) is 0 Å². The molecule has 14 heavy (non-hydrogen) atoms. The van der Waals surface area contributed by atoms with E-state index in [0.29, 0.717) is 6.04 Å². The topological polar surface area (TPSA) is 21.3 Å². The SMILES string of the molecule is CCNC1CC(C)(C)OC(C)(C)C1.Cl. The minimum atomic E-state index is 0. The van der Waals surface area contributed by atoms with Crippen LogP contribution in [0.5, 0.6) is 0 Å². The number of nitrogens with one attached hydrogen (secondary N) is 1. The second kappa shape index (κ2) is 4.82. The maximum Gasteiger partial charge on any atom is 0.0648 e. The molecular formula is C11H24ClNO. The van der Waals surface area contributed by atoms with E-state index in [1.54, 1.807) is 0 Å². The first-order valence-electron chi connectivity index (χ1n) is 5.28. The predicted molar refractivity (Wildman–Crippen MR) is 63.2 cm³/mol. The number of ether oxygens (including phenoxy) is 1. The van der Waals surface area contributed by atoms with Crippen molar-refractivity contribution >= 4 is 12.4 Å². The van der Waals surface area contributed by atoms with Gasteiger partial charge >= 0.3 is 0 Å². The summed E-state index contributed by atoms with van der Waals surface area (Å²) in [6.07, 6.45) is 2.23. The molecule has 1 aliphatic rings. The molecule has 0 spiro atoms. The van der Waals surface area contributed by atoms with Crippen LogP contribution < -0.4 is 5.32 Å². The molecule has 3 heteroatoms. The van der Waals surface area contributed by atoms with Crippen LogP contribution in [0, 0.1) is 0 Å². The molecule has 1 aliphatic heterocycles. The van der Waals surface area contributed by atoms with Gasteiger partial charge in [-0.1, -0.05) is 6.92 Å². The number of hydrogen-bond donors (Lipinski definition) is 1. The summed E-state index contributed by atoms with van der Waals surface area (Å²) < 4.78 is 6.00.